The zero-order chi connectivity index (χ0) is 17.0. The quantitative estimate of drug-likeness (QED) is 0.856. The second-order valence-electron chi connectivity index (χ2n) is 5.59. The number of alkyl halides is 3. The second kappa shape index (κ2) is 7.20. The Hall–Kier alpha value is -1.77. The van der Waals surface area contributed by atoms with Gasteiger partial charge in [0.25, 0.3) is 0 Å². The van der Waals surface area contributed by atoms with E-state index in [1.807, 2.05) is 24.4 Å². The summed E-state index contributed by atoms with van der Waals surface area (Å²) in [6, 6.07) is 2.70. The average Bonchev–Trinajstić information content (AvgIpc) is 2.98. The third-order valence-corrected chi connectivity index (χ3v) is 4.28. The van der Waals surface area contributed by atoms with E-state index >= 15 is 0 Å². The molecule has 1 fully saturated rings. The Morgan fingerprint density at radius 3 is 2.87 bits per heavy atom. The van der Waals surface area contributed by atoms with Gasteiger partial charge in [-0.25, -0.2) is 4.79 Å². The van der Waals surface area contributed by atoms with E-state index < -0.39 is 30.7 Å². The summed E-state index contributed by atoms with van der Waals surface area (Å²) in [5.41, 5.74) is 0. The maximum atomic E-state index is 12.3. The van der Waals surface area contributed by atoms with Gasteiger partial charge in [-0.2, -0.15) is 13.2 Å². The number of hydrogen-bond acceptors (Lipinski definition) is 3. The van der Waals surface area contributed by atoms with Crippen molar-refractivity contribution >= 4 is 23.3 Å². The van der Waals surface area contributed by atoms with Crippen molar-refractivity contribution in [1.29, 1.82) is 0 Å². The monoisotopic (exact) mass is 349 g/mol. The number of urea groups is 1. The zero-order valence-corrected chi connectivity index (χ0v) is 13.3. The van der Waals surface area contributed by atoms with Crippen LogP contribution >= 0.6 is 11.3 Å². The van der Waals surface area contributed by atoms with E-state index in [1.165, 1.54) is 0 Å². The molecule has 1 aliphatic rings. The summed E-state index contributed by atoms with van der Waals surface area (Å²) in [5, 5.41) is 7.23. The molecule has 0 saturated carbocycles. The van der Waals surface area contributed by atoms with E-state index in [2.05, 4.69) is 10.6 Å². The fourth-order valence-electron chi connectivity index (χ4n) is 2.47. The predicted molar refractivity (Wildman–Crippen MR) is 80.2 cm³/mol. The van der Waals surface area contributed by atoms with Gasteiger partial charge in [0.2, 0.25) is 5.91 Å². The van der Waals surface area contributed by atoms with Crippen molar-refractivity contribution in [3.8, 4) is 0 Å². The lowest BCUT2D eigenvalue weighted by atomic mass is 10.2. The average molecular weight is 349 g/mol. The van der Waals surface area contributed by atoms with Gasteiger partial charge in [0.15, 0.2) is 0 Å². The summed E-state index contributed by atoms with van der Waals surface area (Å²) in [6.45, 7) is 0.445. The van der Waals surface area contributed by atoms with E-state index in [4.69, 9.17) is 0 Å². The van der Waals surface area contributed by atoms with Gasteiger partial charge >= 0.3 is 12.2 Å². The Morgan fingerprint density at radius 2 is 2.26 bits per heavy atom. The van der Waals surface area contributed by atoms with Crippen LogP contribution in [-0.2, 0) is 11.2 Å². The first kappa shape index (κ1) is 17.6. The standard InChI is InChI=1S/C14H18F3N3O2S/c1-9(5-11-3-2-4-23-11)18-13(22)19-10-6-12(21)20(7-10)8-14(15,16)17/h2-4,9-10H,5-8H2,1H3,(H2,18,19,22)/t9-,10-/m0/s1. The van der Waals surface area contributed by atoms with Gasteiger partial charge < -0.3 is 15.5 Å². The maximum absolute atomic E-state index is 12.3. The van der Waals surface area contributed by atoms with Crippen LogP contribution in [0.4, 0.5) is 18.0 Å². The molecule has 23 heavy (non-hydrogen) atoms. The Balaban J connectivity index is 1.76. The van der Waals surface area contributed by atoms with E-state index in [0.29, 0.717) is 6.42 Å². The number of nitrogens with zero attached hydrogens (tertiary/aromatic N) is 1. The third-order valence-electron chi connectivity index (χ3n) is 3.38. The van der Waals surface area contributed by atoms with Crippen molar-refractivity contribution in [1.82, 2.24) is 15.5 Å². The summed E-state index contributed by atoms with van der Waals surface area (Å²) in [5.74, 6) is -0.598. The van der Waals surface area contributed by atoms with Crippen LogP contribution < -0.4 is 10.6 Å². The number of carbonyl (C=O) groups is 2. The highest BCUT2D eigenvalue weighted by Crippen LogP contribution is 2.20. The lowest BCUT2D eigenvalue weighted by Gasteiger charge is -2.19. The largest absolute Gasteiger partial charge is 0.406 e. The van der Waals surface area contributed by atoms with Crippen LogP contribution in [0.15, 0.2) is 17.5 Å². The van der Waals surface area contributed by atoms with Gasteiger partial charge in [-0.1, -0.05) is 6.07 Å². The molecular formula is C14H18F3N3O2S. The number of carbonyl (C=O) groups excluding carboxylic acids is 2. The minimum Gasteiger partial charge on any atom is -0.335 e. The van der Waals surface area contributed by atoms with Gasteiger partial charge in [0, 0.05) is 30.3 Å². The maximum Gasteiger partial charge on any atom is 0.406 e. The van der Waals surface area contributed by atoms with Crippen LogP contribution in [0.3, 0.4) is 0 Å². The first-order chi connectivity index (χ1) is 10.7. The van der Waals surface area contributed by atoms with Crippen LogP contribution in [-0.4, -0.2) is 48.2 Å². The van der Waals surface area contributed by atoms with Crippen LogP contribution in [0, 0.1) is 0 Å². The molecule has 2 heterocycles. The Bertz CT molecular complexity index is 548. The molecule has 2 atom stereocenters. The minimum absolute atomic E-state index is 0.108. The molecule has 2 N–H and O–H groups in total. The lowest BCUT2D eigenvalue weighted by molar-refractivity contribution is -0.157. The predicted octanol–water partition coefficient (Wildman–Crippen LogP) is 2.14. The van der Waals surface area contributed by atoms with Gasteiger partial charge in [0.1, 0.15) is 6.54 Å². The number of nitrogens with one attached hydrogen (secondary N) is 2. The SMILES string of the molecule is C[C@@H](Cc1cccs1)NC(=O)N[C@H]1CC(=O)N(CC(F)(F)F)C1. The van der Waals surface area contributed by atoms with Crippen LogP contribution in [0.2, 0.25) is 0 Å². The van der Waals surface area contributed by atoms with E-state index in [-0.39, 0.29) is 19.0 Å². The first-order valence-electron chi connectivity index (χ1n) is 7.17. The molecule has 2 rings (SSSR count). The summed E-state index contributed by atoms with van der Waals surface area (Å²) in [4.78, 5) is 25.3. The highest BCUT2D eigenvalue weighted by molar-refractivity contribution is 7.09. The normalized spacial score (nSPS) is 19.7. The van der Waals surface area contributed by atoms with Gasteiger partial charge in [-0.05, 0) is 18.4 Å². The molecule has 1 aromatic heterocycles. The van der Waals surface area contributed by atoms with Gasteiger partial charge in [-0.15, -0.1) is 11.3 Å². The second-order valence-corrected chi connectivity index (χ2v) is 6.63. The van der Waals surface area contributed by atoms with Crippen molar-refractivity contribution in [2.24, 2.45) is 0 Å². The Labute approximate surface area is 135 Å². The van der Waals surface area contributed by atoms with Crippen LogP contribution in [0.25, 0.3) is 0 Å². The van der Waals surface area contributed by atoms with Crippen LogP contribution in [0.1, 0.15) is 18.2 Å². The molecule has 128 valence electrons. The molecule has 5 nitrogen and oxygen atoms in total. The van der Waals surface area contributed by atoms with E-state index in [9.17, 15) is 22.8 Å². The summed E-state index contributed by atoms with van der Waals surface area (Å²) < 4.78 is 37.0. The summed E-state index contributed by atoms with van der Waals surface area (Å²) >= 11 is 1.59. The Kier molecular flexibility index (Phi) is 5.51. The lowest BCUT2D eigenvalue weighted by Crippen LogP contribution is -2.47. The molecular weight excluding hydrogens is 331 g/mol. The van der Waals surface area contributed by atoms with Gasteiger partial charge in [-0.3, -0.25) is 4.79 Å². The molecule has 0 spiro atoms. The molecule has 1 saturated heterocycles. The van der Waals surface area contributed by atoms with E-state index in [1.54, 1.807) is 11.3 Å². The van der Waals surface area contributed by atoms with Crippen molar-refractivity contribution in [2.75, 3.05) is 13.1 Å². The van der Waals surface area contributed by atoms with Crippen molar-refractivity contribution in [3.05, 3.63) is 22.4 Å². The molecule has 3 amide bonds. The third kappa shape index (κ3) is 5.74. The fraction of sp³-hybridized carbons (Fsp3) is 0.571. The molecule has 0 bridgehead atoms. The van der Waals surface area contributed by atoms with Gasteiger partial charge in [0.05, 0.1) is 6.04 Å². The molecule has 0 radical (unpaired) electrons. The molecule has 1 aliphatic heterocycles. The molecule has 0 aliphatic carbocycles. The summed E-state index contributed by atoms with van der Waals surface area (Å²) in [6.07, 6.45) is -3.86. The van der Waals surface area contributed by atoms with Crippen LogP contribution in [0.5, 0.6) is 0 Å². The smallest absolute Gasteiger partial charge is 0.335 e. The van der Waals surface area contributed by atoms with Crippen molar-refractivity contribution in [2.45, 2.75) is 38.0 Å². The Morgan fingerprint density at radius 1 is 1.52 bits per heavy atom. The molecule has 1 aromatic rings. The number of thiophene rings is 1. The molecule has 0 aromatic carbocycles. The van der Waals surface area contributed by atoms with E-state index in [0.717, 1.165) is 9.78 Å². The highest BCUT2D eigenvalue weighted by Gasteiger charge is 2.38. The van der Waals surface area contributed by atoms with Crippen molar-refractivity contribution in [3.63, 3.8) is 0 Å². The minimum atomic E-state index is -4.43. The fourth-order valence-corrected chi connectivity index (χ4v) is 3.31. The molecule has 9 heteroatoms. The van der Waals surface area contributed by atoms with Crippen molar-refractivity contribution < 1.29 is 22.8 Å². The number of amides is 3. The number of halogens is 3. The topological polar surface area (TPSA) is 61.4 Å². The number of rotatable bonds is 5. The number of likely N-dealkylation sites (tertiary alicyclic amines) is 1. The number of hydrogen-bond donors (Lipinski definition) is 2. The zero-order valence-electron chi connectivity index (χ0n) is 12.5. The first-order valence-corrected chi connectivity index (χ1v) is 8.05. The highest BCUT2D eigenvalue weighted by atomic mass is 32.1. The molecule has 0 unspecified atom stereocenters. The summed E-state index contributed by atoms with van der Waals surface area (Å²) in [7, 11) is 0.